The largest absolute Gasteiger partial charge is 0.378 e. The van der Waals surface area contributed by atoms with Gasteiger partial charge in [0.05, 0.1) is 13.2 Å². The molecule has 1 aliphatic heterocycles. The summed E-state index contributed by atoms with van der Waals surface area (Å²) in [5.41, 5.74) is 0. The van der Waals surface area contributed by atoms with Gasteiger partial charge in [0.15, 0.2) is 0 Å². The van der Waals surface area contributed by atoms with E-state index in [1.807, 2.05) is 7.05 Å². The first-order chi connectivity index (χ1) is 10.2. The fourth-order valence-electron chi connectivity index (χ4n) is 3.07. The smallest absolute Gasteiger partial charge is 0.231 e. The number of morpholine rings is 1. The number of hydrogen-bond acceptors (Lipinski definition) is 6. The average Bonchev–Trinajstić information content (AvgIpc) is 3.00. The van der Waals surface area contributed by atoms with Crippen molar-refractivity contribution in [2.45, 2.75) is 25.7 Å². The molecule has 0 amide bonds. The van der Waals surface area contributed by atoms with Crippen LogP contribution in [0.2, 0.25) is 5.28 Å². The van der Waals surface area contributed by atoms with Crippen LogP contribution >= 0.6 is 11.6 Å². The molecule has 1 aromatic heterocycles. The van der Waals surface area contributed by atoms with Gasteiger partial charge in [-0.15, -0.1) is 0 Å². The third-order valence-electron chi connectivity index (χ3n) is 4.23. The Bertz CT molecular complexity index is 474. The molecule has 0 unspecified atom stereocenters. The van der Waals surface area contributed by atoms with Gasteiger partial charge in [-0.2, -0.15) is 15.0 Å². The van der Waals surface area contributed by atoms with Crippen molar-refractivity contribution >= 4 is 23.5 Å². The van der Waals surface area contributed by atoms with E-state index >= 15 is 0 Å². The van der Waals surface area contributed by atoms with Crippen molar-refractivity contribution in [2.24, 2.45) is 5.92 Å². The van der Waals surface area contributed by atoms with Crippen LogP contribution in [0.3, 0.4) is 0 Å². The van der Waals surface area contributed by atoms with E-state index in [2.05, 4.69) is 24.8 Å². The first-order valence-corrected chi connectivity index (χ1v) is 8.05. The molecule has 2 aliphatic rings. The second kappa shape index (κ2) is 6.75. The Kier molecular flexibility index (Phi) is 4.75. The maximum atomic E-state index is 6.08. The summed E-state index contributed by atoms with van der Waals surface area (Å²) < 4.78 is 5.36. The van der Waals surface area contributed by atoms with Gasteiger partial charge in [-0.05, 0) is 30.4 Å². The normalized spacial score (nSPS) is 20.0. The van der Waals surface area contributed by atoms with Gasteiger partial charge in [0, 0.05) is 26.7 Å². The molecule has 1 saturated carbocycles. The second-order valence-corrected chi connectivity index (χ2v) is 6.17. The lowest BCUT2D eigenvalue weighted by Gasteiger charge is -2.28. The highest BCUT2D eigenvalue weighted by Gasteiger charge is 2.21. The van der Waals surface area contributed by atoms with Crippen LogP contribution in [0.5, 0.6) is 0 Å². The van der Waals surface area contributed by atoms with E-state index in [1.54, 1.807) is 0 Å². The van der Waals surface area contributed by atoms with Crippen molar-refractivity contribution in [3.05, 3.63) is 5.28 Å². The van der Waals surface area contributed by atoms with Crippen LogP contribution in [-0.2, 0) is 4.74 Å². The van der Waals surface area contributed by atoms with Gasteiger partial charge in [0.2, 0.25) is 17.2 Å². The zero-order valence-corrected chi connectivity index (χ0v) is 13.2. The molecule has 0 aromatic carbocycles. The highest BCUT2D eigenvalue weighted by molar-refractivity contribution is 6.28. The van der Waals surface area contributed by atoms with Gasteiger partial charge in [-0.25, -0.2) is 0 Å². The molecule has 6 nitrogen and oxygen atoms in total. The molecule has 0 atom stereocenters. The maximum Gasteiger partial charge on any atom is 0.231 e. The van der Waals surface area contributed by atoms with Gasteiger partial charge in [0.1, 0.15) is 0 Å². The number of anilines is 2. The lowest BCUT2D eigenvalue weighted by Crippen LogP contribution is -2.38. The van der Waals surface area contributed by atoms with Crippen LogP contribution in [-0.4, -0.2) is 54.8 Å². The first kappa shape index (κ1) is 14.8. The fourth-order valence-corrected chi connectivity index (χ4v) is 3.22. The highest BCUT2D eigenvalue weighted by Crippen LogP contribution is 2.26. The van der Waals surface area contributed by atoms with E-state index in [0.717, 1.165) is 25.6 Å². The molecule has 2 heterocycles. The van der Waals surface area contributed by atoms with Gasteiger partial charge < -0.3 is 14.5 Å². The number of nitrogens with zero attached hydrogens (tertiary/aromatic N) is 5. The molecule has 0 bridgehead atoms. The molecule has 3 rings (SSSR count). The van der Waals surface area contributed by atoms with Gasteiger partial charge in [-0.3, -0.25) is 0 Å². The molecule has 1 saturated heterocycles. The Hall–Kier alpha value is -1.14. The molecule has 7 heteroatoms. The zero-order chi connectivity index (χ0) is 14.7. The molecule has 0 spiro atoms. The summed E-state index contributed by atoms with van der Waals surface area (Å²) in [6, 6.07) is 0. The Balaban J connectivity index is 1.73. The van der Waals surface area contributed by atoms with Crippen molar-refractivity contribution < 1.29 is 4.74 Å². The van der Waals surface area contributed by atoms with Crippen molar-refractivity contribution in [1.82, 2.24) is 15.0 Å². The summed E-state index contributed by atoms with van der Waals surface area (Å²) in [4.78, 5) is 17.3. The number of rotatable bonds is 4. The predicted molar refractivity (Wildman–Crippen MR) is 83.1 cm³/mol. The van der Waals surface area contributed by atoms with Crippen LogP contribution < -0.4 is 9.80 Å². The SMILES string of the molecule is CN(CC1CCCC1)c1nc(Cl)nc(N2CCOCC2)n1. The highest BCUT2D eigenvalue weighted by atomic mass is 35.5. The average molecular weight is 312 g/mol. The summed E-state index contributed by atoms with van der Waals surface area (Å²) in [5.74, 6) is 2.08. The van der Waals surface area contributed by atoms with Crippen LogP contribution in [0, 0.1) is 5.92 Å². The minimum atomic E-state index is 0.264. The summed E-state index contributed by atoms with van der Waals surface area (Å²) in [7, 11) is 2.03. The molecule has 0 radical (unpaired) electrons. The second-order valence-electron chi connectivity index (χ2n) is 5.83. The van der Waals surface area contributed by atoms with Crippen molar-refractivity contribution in [2.75, 3.05) is 49.7 Å². The summed E-state index contributed by atoms with van der Waals surface area (Å²) in [5, 5.41) is 0.264. The van der Waals surface area contributed by atoms with Crippen LogP contribution in [0.25, 0.3) is 0 Å². The summed E-state index contributed by atoms with van der Waals surface area (Å²) >= 11 is 6.08. The van der Waals surface area contributed by atoms with Gasteiger partial charge >= 0.3 is 0 Å². The minimum absolute atomic E-state index is 0.264. The first-order valence-electron chi connectivity index (χ1n) is 7.68. The molecule has 2 fully saturated rings. The number of halogens is 1. The third kappa shape index (κ3) is 3.74. The van der Waals surface area contributed by atoms with E-state index in [1.165, 1.54) is 25.7 Å². The van der Waals surface area contributed by atoms with Gasteiger partial charge in [0.25, 0.3) is 0 Å². The monoisotopic (exact) mass is 311 g/mol. The molecule has 116 valence electrons. The summed E-state index contributed by atoms with van der Waals surface area (Å²) in [6.07, 6.45) is 5.30. The van der Waals surface area contributed by atoms with Crippen molar-refractivity contribution in [1.29, 1.82) is 0 Å². The molecule has 21 heavy (non-hydrogen) atoms. The lowest BCUT2D eigenvalue weighted by molar-refractivity contribution is 0.122. The standard InChI is InChI=1S/C14H22ClN5O/c1-19(10-11-4-2-3-5-11)13-16-12(15)17-14(18-13)20-6-8-21-9-7-20/h11H,2-10H2,1H3. The van der Waals surface area contributed by atoms with Gasteiger partial charge in [-0.1, -0.05) is 12.8 Å². The fraction of sp³-hybridized carbons (Fsp3) is 0.786. The maximum absolute atomic E-state index is 6.08. The molecule has 0 N–H and O–H groups in total. The molecule has 1 aliphatic carbocycles. The van der Waals surface area contributed by atoms with E-state index in [-0.39, 0.29) is 5.28 Å². The number of hydrogen-bond donors (Lipinski definition) is 0. The Morgan fingerprint density at radius 3 is 2.62 bits per heavy atom. The lowest BCUT2D eigenvalue weighted by atomic mass is 10.1. The zero-order valence-electron chi connectivity index (χ0n) is 12.5. The topological polar surface area (TPSA) is 54.4 Å². The molecule has 1 aromatic rings. The van der Waals surface area contributed by atoms with Crippen LogP contribution in [0.15, 0.2) is 0 Å². The number of aromatic nitrogens is 3. The van der Waals surface area contributed by atoms with Crippen LogP contribution in [0.1, 0.15) is 25.7 Å². The molecular weight excluding hydrogens is 290 g/mol. The van der Waals surface area contributed by atoms with E-state index in [4.69, 9.17) is 16.3 Å². The van der Waals surface area contributed by atoms with Crippen molar-refractivity contribution in [3.63, 3.8) is 0 Å². The Labute approximate surface area is 130 Å². The van der Waals surface area contributed by atoms with E-state index < -0.39 is 0 Å². The predicted octanol–water partition coefficient (Wildman–Crippen LogP) is 1.99. The Morgan fingerprint density at radius 2 is 1.90 bits per heavy atom. The number of ether oxygens (including phenoxy) is 1. The summed E-state index contributed by atoms with van der Waals surface area (Å²) in [6.45, 7) is 3.99. The molecular formula is C14H22ClN5O. The minimum Gasteiger partial charge on any atom is -0.378 e. The van der Waals surface area contributed by atoms with E-state index in [0.29, 0.717) is 25.1 Å². The van der Waals surface area contributed by atoms with Crippen molar-refractivity contribution in [3.8, 4) is 0 Å². The Morgan fingerprint density at radius 1 is 1.19 bits per heavy atom. The van der Waals surface area contributed by atoms with Crippen LogP contribution in [0.4, 0.5) is 11.9 Å². The third-order valence-corrected chi connectivity index (χ3v) is 4.40. The van der Waals surface area contributed by atoms with E-state index in [9.17, 15) is 0 Å². The quantitative estimate of drug-likeness (QED) is 0.847.